The molecule has 0 saturated carbocycles. The Hall–Kier alpha value is -1.74. The lowest BCUT2D eigenvalue weighted by Gasteiger charge is -2.17. The van der Waals surface area contributed by atoms with Crippen LogP contribution >= 0.6 is 11.8 Å². The second kappa shape index (κ2) is 8.64. The van der Waals surface area contributed by atoms with E-state index >= 15 is 0 Å². The molecule has 1 N–H and O–H groups in total. The van der Waals surface area contributed by atoms with Crippen LogP contribution in [0.5, 0.6) is 0 Å². The van der Waals surface area contributed by atoms with Crippen LogP contribution in [-0.4, -0.2) is 11.7 Å². The van der Waals surface area contributed by atoms with Crippen molar-refractivity contribution in [2.45, 2.75) is 32.1 Å². The van der Waals surface area contributed by atoms with Gasteiger partial charge in [-0.15, -0.1) is 11.8 Å². The maximum absolute atomic E-state index is 12.1. The van der Waals surface area contributed by atoms with Crippen molar-refractivity contribution in [2.24, 2.45) is 0 Å². The molecule has 3 heteroatoms. The molecule has 2 rings (SSSR count). The number of hydrogen-bond acceptors (Lipinski definition) is 2. The van der Waals surface area contributed by atoms with Crippen molar-refractivity contribution in [1.82, 2.24) is 5.32 Å². The zero-order valence-corrected chi connectivity index (χ0v) is 14.0. The fourth-order valence-corrected chi connectivity index (χ4v) is 3.09. The van der Waals surface area contributed by atoms with E-state index in [0.717, 1.165) is 12.2 Å². The summed E-state index contributed by atoms with van der Waals surface area (Å²) < 4.78 is 0. The van der Waals surface area contributed by atoms with Crippen molar-refractivity contribution in [1.29, 1.82) is 0 Å². The molecule has 1 atom stereocenters. The van der Waals surface area contributed by atoms with Gasteiger partial charge in [-0.1, -0.05) is 67.1 Å². The van der Waals surface area contributed by atoms with Crippen LogP contribution in [0.3, 0.4) is 0 Å². The molecule has 0 aromatic heterocycles. The summed E-state index contributed by atoms with van der Waals surface area (Å²) in [5, 5.41) is 3.12. The fraction of sp³-hybridized carbons (Fsp3) is 0.316. The van der Waals surface area contributed by atoms with Crippen LogP contribution in [0.1, 0.15) is 36.1 Å². The van der Waals surface area contributed by atoms with Gasteiger partial charge in [-0.05, 0) is 24.5 Å². The quantitative estimate of drug-likeness (QED) is 0.815. The average molecular weight is 313 g/mol. The largest absolute Gasteiger partial charge is 0.349 e. The number of benzene rings is 2. The first-order chi connectivity index (χ1) is 10.7. The SMILES string of the molecule is CC[C@H](NC(=O)CSCc1ccc(C)cc1)c1ccccc1. The molecule has 2 aromatic rings. The Morgan fingerprint density at radius 1 is 1.09 bits per heavy atom. The van der Waals surface area contributed by atoms with E-state index in [2.05, 4.69) is 55.6 Å². The number of hydrogen-bond donors (Lipinski definition) is 1. The third kappa shape index (κ3) is 5.23. The van der Waals surface area contributed by atoms with Gasteiger partial charge in [0.05, 0.1) is 11.8 Å². The molecule has 1 amide bonds. The highest BCUT2D eigenvalue weighted by atomic mass is 32.2. The summed E-state index contributed by atoms with van der Waals surface area (Å²) in [4.78, 5) is 12.1. The number of amides is 1. The monoisotopic (exact) mass is 313 g/mol. The molecule has 0 aliphatic carbocycles. The first-order valence-electron chi connectivity index (χ1n) is 7.66. The maximum atomic E-state index is 12.1. The smallest absolute Gasteiger partial charge is 0.230 e. The zero-order chi connectivity index (χ0) is 15.8. The number of aryl methyl sites for hydroxylation is 1. The average Bonchev–Trinajstić information content (AvgIpc) is 2.55. The van der Waals surface area contributed by atoms with E-state index in [0.29, 0.717) is 5.75 Å². The van der Waals surface area contributed by atoms with Crippen molar-refractivity contribution in [3.63, 3.8) is 0 Å². The minimum absolute atomic E-state index is 0.104. The Morgan fingerprint density at radius 2 is 1.77 bits per heavy atom. The summed E-state index contributed by atoms with van der Waals surface area (Å²) >= 11 is 1.66. The summed E-state index contributed by atoms with van der Waals surface area (Å²) in [5.41, 5.74) is 3.69. The van der Waals surface area contributed by atoms with Gasteiger partial charge in [-0.25, -0.2) is 0 Å². The predicted octanol–water partition coefficient (Wildman–Crippen LogP) is 4.50. The molecular formula is C19H23NOS. The van der Waals surface area contributed by atoms with Crippen LogP contribution in [0, 0.1) is 6.92 Å². The van der Waals surface area contributed by atoms with Crippen molar-refractivity contribution >= 4 is 17.7 Å². The number of carbonyl (C=O) groups is 1. The summed E-state index contributed by atoms with van der Waals surface area (Å²) in [5.74, 6) is 1.47. The van der Waals surface area contributed by atoms with Gasteiger partial charge in [0, 0.05) is 5.75 Å². The van der Waals surface area contributed by atoms with E-state index in [1.807, 2.05) is 18.2 Å². The van der Waals surface area contributed by atoms with Crippen molar-refractivity contribution in [2.75, 3.05) is 5.75 Å². The molecule has 0 unspecified atom stereocenters. The second-order valence-corrected chi connectivity index (χ2v) is 6.40. The van der Waals surface area contributed by atoms with Crippen LogP contribution in [-0.2, 0) is 10.5 Å². The molecule has 116 valence electrons. The van der Waals surface area contributed by atoms with E-state index in [4.69, 9.17) is 0 Å². The molecule has 0 spiro atoms. The molecule has 2 nitrogen and oxygen atoms in total. The molecule has 0 aliphatic heterocycles. The Morgan fingerprint density at radius 3 is 2.41 bits per heavy atom. The summed E-state index contributed by atoms with van der Waals surface area (Å²) in [6.07, 6.45) is 0.901. The number of nitrogens with one attached hydrogen (secondary N) is 1. The van der Waals surface area contributed by atoms with Gasteiger partial charge in [-0.2, -0.15) is 0 Å². The minimum Gasteiger partial charge on any atom is -0.349 e. The summed E-state index contributed by atoms with van der Waals surface area (Å²) in [6.45, 7) is 4.18. The topological polar surface area (TPSA) is 29.1 Å². The van der Waals surface area contributed by atoms with Crippen molar-refractivity contribution in [3.05, 3.63) is 71.3 Å². The highest BCUT2D eigenvalue weighted by molar-refractivity contribution is 7.99. The standard InChI is InChI=1S/C19H23NOS/c1-3-18(17-7-5-4-6-8-17)20-19(21)14-22-13-16-11-9-15(2)10-12-16/h4-12,18H,3,13-14H2,1-2H3,(H,20,21)/t18-/m0/s1. The van der Waals surface area contributed by atoms with Crippen LogP contribution < -0.4 is 5.32 Å². The van der Waals surface area contributed by atoms with Gasteiger partial charge in [-0.3, -0.25) is 4.79 Å². The highest BCUT2D eigenvalue weighted by Gasteiger charge is 2.12. The first-order valence-corrected chi connectivity index (χ1v) is 8.82. The number of thioether (sulfide) groups is 1. The zero-order valence-electron chi connectivity index (χ0n) is 13.2. The highest BCUT2D eigenvalue weighted by Crippen LogP contribution is 2.17. The Bertz CT molecular complexity index is 580. The third-order valence-electron chi connectivity index (χ3n) is 3.57. The van der Waals surface area contributed by atoms with Gasteiger partial charge in [0.1, 0.15) is 0 Å². The molecule has 0 radical (unpaired) electrons. The van der Waals surface area contributed by atoms with Crippen LogP contribution in [0.25, 0.3) is 0 Å². The number of rotatable bonds is 7. The van der Waals surface area contributed by atoms with E-state index in [1.165, 1.54) is 16.7 Å². The third-order valence-corrected chi connectivity index (χ3v) is 4.57. The summed E-state index contributed by atoms with van der Waals surface area (Å²) in [6, 6.07) is 18.7. The second-order valence-electron chi connectivity index (χ2n) is 5.42. The van der Waals surface area contributed by atoms with E-state index in [1.54, 1.807) is 11.8 Å². The molecule has 22 heavy (non-hydrogen) atoms. The van der Waals surface area contributed by atoms with Crippen LogP contribution in [0.2, 0.25) is 0 Å². The Balaban J connectivity index is 1.78. The molecule has 0 aliphatic rings. The Kier molecular flexibility index (Phi) is 6.53. The first kappa shape index (κ1) is 16.6. The van der Waals surface area contributed by atoms with Gasteiger partial charge in [0.15, 0.2) is 0 Å². The van der Waals surface area contributed by atoms with E-state index in [-0.39, 0.29) is 11.9 Å². The lowest BCUT2D eigenvalue weighted by molar-refractivity contribution is -0.119. The minimum atomic E-state index is 0.104. The van der Waals surface area contributed by atoms with Gasteiger partial charge < -0.3 is 5.32 Å². The lowest BCUT2D eigenvalue weighted by atomic mass is 10.0. The van der Waals surface area contributed by atoms with Gasteiger partial charge in [0.25, 0.3) is 0 Å². The molecule has 0 bridgehead atoms. The van der Waals surface area contributed by atoms with Crippen LogP contribution in [0.4, 0.5) is 0 Å². The predicted molar refractivity (Wildman–Crippen MR) is 95.0 cm³/mol. The molecule has 0 fully saturated rings. The molecule has 0 saturated heterocycles. The Labute approximate surface area is 137 Å². The van der Waals surface area contributed by atoms with E-state index in [9.17, 15) is 4.79 Å². The van der Waals surface area contributed by atoms with Crippen LogP contribution in [0.15, 0.2) is 54.6 Å². The van der Waals surface area contributed by atoms with Gasteiger partial charge in [0.2, 0.25) is 5.91 Å². The molecule has 2 aromatic carbocycles. The number of carbonyl (C=O) groups excluding carboxylic acids is 1. The molecule has 0 heterocycles. The van der Waals surface area contributed by atoms with Crippen molar-refractivity contribution < 1.29 is 4.79 Å². The molecular weight excluding hydrogens is 290 g/mol. The van der Waals surface area contributed by atoms with Gasteiger partial charge >= 0.3 is 0 Å². The fourth-order valence-electron chi connectivity index (χ4n) is 2.29. The summed E-state index contributed by atoms with van der Waals surface area (Å²) in [7, 11) is 0. The lowest BCUT2D eigenvalue weighted by Crippen LogP contribution is -2.29. The maximum Gasteiger partial charge on any atom is 0.230 e. The van der Waals surface area contributed by atoms with Crippen molar-refractivity contribution in [3.8, 4) is 0 Å². The normalized spacial score (nSPS) is 11.9. The van der Waals surface area contributed by atoms with E-state index < -0.39 is 0 Å².